The molecular weight excluding hydrogens is 321 g/mol. The third kappa shape index (κ3) is 3.01. The van der Waals surface area contributed by atoms with Crippen LogP contribution in [-0.4, -0.2) is 22.3 Å². The lowest BCUT2D eigenvalue weighted by molar-refractivity contribution is 0.0928. The number of carbonyl (C=O) groups excluding carboxylic acids is 1. The van der Waals surface area contributed by atoms with Gasteiger partial charge in [-0.3, -0.25) is 9.48 Å². The van der Waals surface area contributed by atoms with E-state index in [9.17, 15) is 9.18 Å². The smallest absolute Gasteiger partial charge is 0.255 e. The number of aromatic nitrogens is 2. The van der Waals surface area contributed by atoms with E-state index in [-0.39, 0.29) is 18.3 Å². The first-order chi connectivity index (χ1) is 12.0. The number of rotatable bonds is 5. The van der Waals surface area contributed by atoms with Crippen molar-refractivity contribution < 1.29 is 13.9 Å². The molecule has 132 valence electrons. The second-order valence-corrected chi connectivity index (χ2v) is 7.28. The van der Waals surface area contributed by atoms with Crippen LogP contribution in [0.15, 0.2) is 24.4 Å². The van der Waals surface area contributed by atoms with Gasteiger partial charge in [-0.1, -0.05) is 19.9 Å². The van der Waals surface area contributed by atoms with Crippen LogP contribution in [0.3, 0.4) is 0 Å². The van der Waals surface area contributed by atoms with Crippen LogP contribution in [-0.2, 0) is 6.54 Å². The Hall–Kier alpha value is -2.37. The first-order valence-electron chi connectivity index (χ1n) is 8.82. The highest BCUT2D eigenvalue weighted by Crippen LogP contribution is 2.42. The lowest BCUT2D eigenvalue weighted by Crippen LogP contribution is -2.30. The summed E-state index contributed by atoms with van der Waals surface area (Å²) >= 11 is 0. The van der Waals surface area contributed by atoms with Gasteiger partial charge in [-0.25, -0.2) is 4.39 Å². The number of halogens is 1. The van der Waals surface area contributed by atoms with E-state index in [1.165, 1.54) is 6.07 Å². The van der Waals surface area contributed by atoms with Crippen molar-refractivity contribution in [1.82, 2.24) is 15.1 Å². The van der Waals surface area contributed by atoms with E-state index in [4.69, 9.17) is 4.74 Å². The summed E-state index contributed by atoms with van der Waals surface area (Å²) in [6, 6.07) is 4.26. The van der Waals surface area contributed by atoms with Gasteiger partial charge < -0.3 is 10.1 Å². The van der Waals surface area contributed by atoms with Gasteiger partial charge in [0.1, 0.15) is 18.2 Å². The molecule has 2 heterocycles. The molecule has 1 aromatic carbocycles. The van der Waals surface area contributed by atoms with Gasteiger partial charge in [-0.15, -0.1) is 0 Å². The van der Waals surface area contributed by atoms with Gasteiger partial charge in [0.25, 0.3) is 5.91 Å². The summed E-state index contributed by atoms with van der Waals surface area (Å²) in [7, 11) is 0. The first-order valence-corrected chi connectivity index (χ1v) is 8.82. The van der Waals surface area contributed by atoms with Crippen LogP contribution in [0.5, 0.6) is 5.75 Å². The Morgan fingerprint density at radius 3 is 2.96 bits per heavy atom. The molecule has 1 amide bonds. The zero-order chi connectivity index (χ0) is 17.6. The maximum absolute atomic E-state index is 14.1. The van der Waals surface area contributed by atoms with E-state index in [0.717, 1.165) is 25.1 Å². The summed E-state index contributed by atoms with van der Waals surface area (Å²) in [4.78, 5) is 12.8. The van der Waals surface area contributed by atoms with Crippen molar-refractivity contribution in [3.8, 4) is 5.75 Å². The van der Waals surface area contributed by atoms with Gasteiger partial charge in [0.2, 0.25) is 0 Å². The summed E-state index contributed by atoms with van der Waals surface area (Å²) in [5, 5.41) is 7.35. The second kappa shape index (κ2) is 6.17. The molecule has 5 nitrogen and oxygen atoms in total. The summed E-state index contributed by atoms with van der Waals surface area (Å²) in [6.07, 6.45) is 3.82. The highest BCUT2D eigenvalue weighted by molar-refractivity contribution is 5.95. The van der Waals surface area contributed by atoms with Crippen LogP contribution in [0.25, 0.3) is 0 Å². The minimum atomic E-state index is -0.468. The molecule has 6 heteroatoms. The number of nitrogens with zero attached hydrogens (tertiary/aromatic N) is 2. The summed E-state index contributed by atoms with van der Waals surface area (Å²) in [5.74, 6) is 0.811. The highest BCUT2D eigenvalue weighted by atomic mass is 19.1. The Balaban J connectivity index is 1.58. The minimum absolute atomic E-state index is 0.207. The molecule has 1 atom stereocenters. The lowest BCUT2D eigenvalue weighted by atomic mass is 10.1. The topological polar surface area (TPSA) is 56.2 Å². The van der Waals surface area contributed by atoms with Gasteiger partial charge >= 0.3 is 0 Å². The highest BCUT2D eigenvalue weighted by Gasteiger charge is 2.34. The molecule has 1 aromatic heterocycles. The Bertz CT molecular complexity index is 811. The maximum Gasteiger partial charge on any atom is 0.255 e. The second-order valence-electron chi connectivity index (χ2n) is 7.28. The van der Waals surface area contributed by atoms with Crippen LogP contribution < -0.4 is 10.1 Å². The fraction of sp³-hybridized carbons (Fsp3) is 0.474. The van der Waals surface area contributed by atoms with Crippen LogP contribution in [0, 0.1) is 11.7 Å². The molecular formula is C19H22FN3O2. The van der Waals surface area contributed by atoms with Crippen molar-refractivity contribution in [2.45, 2.75) is 45.2 Å². The number of amides is 1. The predicted octanol–water partition coefficient (Wildman–Crippen LogP) is 3.42. The van der Waals surface area contributed by atoms with Gasteiger partial charge in [-0.05, 0) is 30.9 Å². The van der Waals surface area contributed by atoms with Gasteiger partial charge in [0.15, 0.2) is 0 Å². The van der Waals surface area contributed by atoms with Gasteiger partial charge in [0.05, 0.1) is 29.1 Å². The van der Waals surface area contributed by atoms with Crippen LogP contribution in [0.1, 0.15) is 60.3 Å². The Kier molecular flexibility index (Phi) is 3.98. The fourth-order valence-electron chi connectivity index (χ4n) is 3.44. The summed E-state index contributed by atoms with van der Waals surface area (Å²) in [5.41, 5.74) is 2.05. The number of carbonyl (C=O) groups is 1. The third-order valence-electron chi connectivity index (χ3n) is 4.70. The molecule has 2 aromatic rings. The zero-order valence-electron chi connectivity index (χ0n) is 14.5. The molecule has 1 saturated carbocycles. The van der Waals surface area contributed by atoms with Crippen LogP contribution in [0.2, 0.25) is 0 Å². The molecule has 1 N–H and O–H groups in total. The Labute approximate surface area is 146 Å². The van der Waals surface area contributed by atoms with Crippen LogP contribution in [0.4, 0.5) is 4.39 Å². The van der Waals surface area contributed by atoms with Crippen molar-refractivity contribution >= 4 is 5.91 Å². The van der Waals surface area contributed by atoms with E-state index in [1.807, 2.05) is 4.68 Å². The third-order valence-corrected chi connectivity index (χ3v) is 4.70. The lowest BCUT2D eigenvalue weighted by Gasteiger charge is -2.14. The number of ether oxygens (including phenoxy) is 1. The van der Waals surface area contributed by atoms with E-state index in [0.29, 0.717) is 28.7 Å². The maximum atomic E-state index is 14.1. The molecule has 4 rings (SSSR count). The van der Waals surface area contributed by atoms with Crippen molar-refractivity contribution in [2.75, 3.05) is 6.61 Å². The molecule has 0 saturated heterocycles. The molecule has 25 heavy (non-hydrogen) atoms. The van der Waals surface area contributed by atoms with Crippen molar-refractivity contribution in [2.24, 2.45) is 5.92 Å². The summed E-state index contributed by atoms with van der Waals surface area (Å²) in [6.45, 7) is 5.31. The van der Waals surface area contributed by atoms with Gasteiger partial charge in [-0.2, -0.15) is 5.10 Å². The minimum Gasteiger partial charge on any atom is -0.491 e. The van der Waals surface area contributed by atoms with Crippen molar-refractivity contribution in [3.05, 3.63) is 47.0 Å². The molecule has 1 aliphatic heterocycles. The first kappa shape index (κ1) is 16.1. The monoisotopic (exact) mass is 343 g/mol. The normalized spacial score (nSPS) is 19.0. The largest absolute Gasteiger partial charge is 0.491 e. The van der Waals surface area contributed by atoms with E-state index in [2.05, 4.69) is 24.3 Å². The quantitative estimate of drug-likeness (QED) is 0.905. The van der Waals surface area contributed by atoms with E-state index >= 15 is 0 Å². The van der Waals surface area contributed by atoms with E-state index < -0.39 is 6.04 Å². The van der Waals surface area contributed by atoms with E-state index in [1.54, 1.807) is 18.3 Å². The average molecular weight is 343 g/mol. The number of hydrogen-bond donors (Lipinski definition) is 1. The summed E-state index contributed by atoms with van der Waals surface area (Å²) < 4.78 is 21.6. The average Bonchev–Trinajstić information content (AvgIpc) is 3.19. The zero-order valence-corrected chi connectivity index (χ0v) is 14.5. The number of nitrogens with one attached hydrogen (secondary N) is 1. The van der Waals surface area contributed by atoms with Crippen LogP contribution >= 0.6 is 0 Å². The van der Waals surface area contributed by atoms with Crippen molar-refractivity contribution in [3.63, 3.8) is 0 Å². The molecule has 0 bridgehead atoms. The number of hydrogen-bond acceptors (Lipinski definition) is 3. The number of fused-ring (bicyclic) bond motifs is 1. The van der Waals surface area contributed by atoms with Crippen molar-refractivity contribution in [1.29, 1.82) is 0 Å². The molecule has 0 radical (unpaired) electrons. The molecule has 0 unspecified atom stereocenters. The number of benzene rings is 1. The molecule has 1 aliphatic carbocycles. The molecule has 1 fully saturated rings. The molecule has 0 spiro atoms. The fourth-order valence-corrected chi connectivity index (χ4v) is 3.44. The predicted molar refractivity (Wildman–Crippen MR) is 91.1 cm³/mol. The SMILES string of the molecule is CC(C)Cn1ncc(C(=O)N[C@@H]2COc3cccc(F)c32)c1C1CC1. The molecule has 2 aliphatic rings. The van der Waals surface area contributed by atoms with Gasteiger partial charge in [0, 0.05) is 12.5 Å². The Morgan fingerprint density at radius 1 is 1.44 bits per heavy atom. The standard InChI is InChI=1S/C19H22FN3O2/c1-11(2)9-23-18(12-6-7-12)13(8-21-23)19(24)22-15-10-25-16-5-3-4-14(20)17(15)16/h3-5,8,11-12,15H,6-7,9-10H2,1-2H3,(H,22,24)/t15-/m1/s1. The Morgan fingerprint density at radius 2 is 2.24 bits per heavy atom.